The van der Waals surface area contributed by atoms with E-state index in [-0.39, 0.29) is 23.9 Å². The highest BCUT2D eigenvalue weighted by molar-refractivity contribution is 6.99. The molecule has 1 N–H and O–H groups in total. The Bertz CT molecular complexity index is 1720. The Hall–Kier alpha value is -5.00. The number of phenols is 1. The summed E-state index contributed by atoms with van der Waals surface area (Å²) in [6.45, 7) is 6.91. The van der Waals surface area contributed by atoms with Gasteiger partial charge in [0, 0.05) is 23.6 Å². The average molecular weight is 616 g/mol. The van der Waals surface area contributed by atoms with Gasteiger partial charge in [-0.25, -0.2) is 0 Å². The SMILES string of the molecule is COc1ccc2c(c1)C=C(C#N)N(CC(CO[Si](c1ccccc1)(c1ccccc1)C(C)(C)C)N=[N+]=[N-])C2c1ccccc1O. The van der Waals surface area contributed by atoms with Gasteiger partial charge in [0.25, 0.3) is 8.32 Å². The fraction of sp³-hybridized carbons (Fsp3) is 0.250. The lowest BCUT2D eigenvalue weighted by molar-refractivity contribution is 0.214. The van der Waals surface area contributed by atoms with Gasteiger partial charge in [-0.2, -0.15) is 5.26 Å². The molecule has 4 aromatic carbocycles. The summed E-state index contributed by atoms with van der Waals surface area (Å²) >= 11 is 0. The Morgan fingerprint density at radius 1 is 0.956 bits per heavy atom. The van der Waals surface area contributed by atoms with Gasteiger partial charge in [0.1, 0.15) is 23.3 Å². The van der Waals surface area contributed by atoms with Crippen molar-refractivity contribution in [3.05, 3.63) is 136 Å². The predicted molar refractivity (Wildman–Crippen MR) is 180 cm³/mol. The number of methoxy groups -OCH3 is 1. The number of hydrogen-bond donors (Lipinski definition) is 1. The van der Waals surface area contributed by atoms with Crippen LogP contribution < -0.4 is 15.1 Å². The van der Waals surface area contributed by atoms with Crippen LogP contribution in [-0.4, -0.2) is 44.6 Å². The zero-order valence-electron chi connectivity index (χ0n) is 26.0. The minimum Gasteiger partial charge on any atom is -0.508 e. The molecule has 0 saturated carbocycles. The van der Waals surface area contributed by atoms with Gasteiger partial charge in [0.2, 0.25) is 0 Å². The molecule has 5 rings (SSSR count). The van der Waals surface area contributed by atoms with Crippen LogP contribution in [0.5, 0.6) is 11.5 Å². The molecule has 2 atom stereocenters. The summed E-state index contributed by atoms with van der Waals surface area (Å²) in [6, 6.07) is 34.6. The number of nitrogens with zero attached hydrogens (tertiary/aromatic N) is 5. The quantitative estimate of drug-likeness (QED) is 0.0900. The molecule has 0 fully saturated rings. The summed E-state index contributed by atoms with van der Waals surface area (Å²) in [5.41, 5.74) is 12.4. The molecule has 0 radical (unpaired) electrons. The van der Waals surface area contributed by atoms with Crippen molar-refractivity contribution in [3.8, 4) is 17.6 Å². The van der Waals surface area contributed by atoms with Crippen LogP contribution in [0.1, 0.15) is 43.5 Å². The number of fused-ring (bicyclic) bond motifs is 1. The van der Waals surface area contributed by atoms with Crippen LogP contribution in [0.15, 0.2) is 114 Å². The summed E-state index contributed by atoms with van der Waals surface area (Å²) in [6.07, 6.45) is 1.81. The summed E-state index contributed by atoms with van der Waals surface area (Å²) in [7, 11) is -1.33. The first-order valence-electron chi connectivity index (χ1n) is 14.9. The zero-order valence-corrected chi connectivity index (χ0v) is 27.0. The molecule has 0 saturated heterocycles. The lowest BCUT2D eigenvalue weighted by Crippen LogP contribution is -2.67. The minimum atomic E-state index is -2.93. The molecule has 1 aliphatic rings. The number of hydrogen-bond acceptors (Lipinski definition) is 6. The number of allylic oxidation sites excluding steroid dienone is 1. The van der Waals surface area contributed by atoms with Gasteiger partial charge in [-0.1, -0.05) is 111 Å². The first-order chi connectivity index (χ1) is 21.7. The normalized spacial score (nSPS) is 15.2. The third-order valence-corrected chi connectivity index (χ3v) is 13.4. The maximum absolute atomic E-state index is 11.0. The lowest BCUT2D eigenvalue weighted by Gasteiger charge is -2.44. The van der Waals surface area contributed by atoms with Crippen molar-refractivity contribution in [2.45, 2.75) is 37.9 Å². The van der Waals surface area contributed by atoms with E-state index in [1.807, 2.05) is 77.7 Å². The van der Waals surface area contributed by atoms with Gasteiger partial charge in [-0.3, -0.25) is 0 Å². The Morgan fingerprint density at radius 2 is 1.58 bits per heavy atom. The number of para-hydroxylation sites is 1. The zero-order chi connectivity index (χ0) is 32.0. The van der Waals surface area contributed by atoms with Crippen molar-refractivity contribution in [2.75, 3.05) is 20.3 Å². The Kier molecular flexibility index (Phi) is 9.31. The second kappa shape index (κ2) is 13.3. The molecule has 0 spiro atoms. The fourth-order valence-electron chi connectivity index (χ4n) is 6.35. The van der Waals surface area contributed by atoms with Crippen LogP contribution in [-0.2, 0) is 4.43 Å². The van der Waals surface area contributed by atoms with Crippen molar-refractivity contribution in [3.63, 3.8) is 0 Å². The molecule has 1 heterocycles. The summed E-state index contributed by atoms with van der Waals surface area (Å²) in [5, 5.41) is 27.6. The van der Waals surface area contributed by atoms with Gasteiger partial charge in [0.15, 0.2) is 0 Å². The molecule has 0 amide bonds. The number of ether oxygens (including phenoxy) is 1. The molecule has 0 bridgehead atoms. The molecular weight excluding hydrogens is 579 g/mol. The van der Waals surface area contributed by atoms with Crippen molar-refractivity contribution >= 4 is 24.8 Å². The number of phenolic OH excluding ortho intramolecular Hbond substituents is 1. The standard InChI is InChI=1S/C36H37N5O3Si/c1-36(2,3)45(30-13-7-5-8-14-30,31-15-9-6-10-16-31)44-25-27(39-40-38)24-41-28(23-37)21-26-22-29(43-4)19-20-32(26)35(41)33-17-11-12-18-34(33)42/h5-22,27,35,42H,24-25H2,1-4H3. The number of azide groups is 1. The lowest BCUT2D eigenvalue weighted by atomic mass is 9.88. The number of aromatic hydroxyl groups is 1. The highest BCUT2D eigenvalue weighted by Crippen LogP contribution is 2.43. The largest absolute Gasteiger partial charge is 0.508 e. The van der Waals surface area contributed by atoms with E-state index in [9.17, 15) is 15.9 Å². The molecule has 9 heteroatoms. The van der Waals surface area contributed by atoms with Gasteiger partial charge in [-0.15, -0.1) is 0 Å². The summed E-state index contributed by atoms with van der Waals surface area (Å²) in [5.74, 6) is 0.773. The third kappa shape index (κ3) is 6.17. The van der Waals surface area contributed by atoms with Crippen LogP contribution in [0.4, 0.5) is 0 Å². The average Bonchev–Trinajstić information content (AvgIpc) is 3.05. The molecule has 228 valence electrons. The van der Waals surface area contributed by atoms with E-state index in [1.165, 1.54) is 0 Å². The van der Waals surface area contributed by atoms with Crippen molar-refractivity contribution in [2.24, 2.45) is 5.11 Å². The molecule has 45 heavy (non-hydrogen) atoms. The molecular formula is C36H37N5O3Si. The molecule has 8 nitrogen and oxygen atoms in total. The molecule has 2 unspecified atom stereocenters. The van der Waals surface area contributed by atoms with E-state index in [2.05, 4.69) is 61.1 Å². The Morgan fingerprint density at radius 3 is 2.13 bits per heavy atom. The summed E-state index contributed by atoms with van der Waals surface area (Å²) in [4.78, 5) is 5.11. The number of nitriles is 1. The van der Waals surface area contributed by atoms with Gasteiger partial charge >= 0.3 is 0 Å². The van der Waals surface area contributed by atoms with Crippen LogP contribution in [0.25, 0.3) is 16.5 Å². The van der Waals surface area contributed by atoms with Crippen LogP contribution in [0, 0.1) is 11.3 Å². The van der Waals surface area contributed by atoms with Gasteiger partial charge < -0.3 is 19.2 Å². The Labute approximate surface area is 265 Å². The third-order valence-electron chi connectivity index (χ3n) is 8.38. The summed E-state index contributed by atoms with van der Waals surface area (Å²) < 4.78 is 12.6. The van der Waals surface area contributed by atoms with E-state index in [0.29, 0.717) is 17.0 Å². The van der Waals surface area contributed by atoms with E-state index in [4.69, 9.17) is 9.16 Å². The fourth-order valence-corrected chi connectivity index (χ4v) is 10.9. The maximum Gasteiger partial charge on any atom is 0.261 e. The van der Waals surface area contributed by atoms with Crippen LogP contribution in [0.3, 0.4) is 0 Å². The first-order valence-corrected chi connectivity index (χ1v) is 16.8. The van der Waals surface area contributed by atoms with E-state index < -0.39 is 20.4 Å². The first kappa shape index (κ1) is 31.4. The van der Waals surface area contributed by atoms with Crippen molar-refractivity contribution in [1.82, 2.24) is 4.90 Å². The van der Waals surface area contributed by atoms with Crippen LogP contribution >= 0.6 is 0 Å². The second-order valence-electron chi connectivity index (χ2n) is 12.1. The predicted octanol–water partition coefficient (Wildman–Crippen LogP) is 6.93. The molecule has 1 aliphatic heterocycles. The maximum atomic E-state index is 11.0. The minimum absolute atomic E-state index is 0.109. The molecule has 0 aromatic heterocycles. The topological polar surface area (TPSA) is 114 Å². The molecule has 0 aliphatic carbocycles. The number of rotatable bonds is 10. The Balaban J connectivity index is 1.58. The monoisotopic (exact) mass is 615 g/mol. The van der Waals surface area contributed by atoms with Gasteiger partial charge in [-0.05, 0) is 56.3 Å². The molecule has 4 aromatic rings. The highest BCUT2D eigenvalue weighted by Gasteiger charge is 2.50. The van der Waals surface area contributed by atoms with E-state index in [0.717, 1.165) is 21.5 Å². The number of benzene rings is 4. The van der Waals surface area contributed by atoms with E-state index in [1.54, 1.807) is 19.2 Å². The highest BCUT2D eigenvalue weighted by atomic mass is 28.4. The van der Waals surface area contributed by atoms with Gasteiger partial charge in [0.05, 0.1) is 19.2 Å². The smallest absolute Gasteiger partial charge is 0.261 e. The second-order valence-corrected chi connectivity index (χ2v) is 16.4. The van der Waals surface area contributed by atoms with Crippen LogP contribution in [0.2, 0.25) is 5.04 Å². The van der Waals surface area contributed by atoms with E-state index >= 15 is 0 Å². The van der Waals surface area contributed by atoms with Crippen molar-refractivity contribution in [1.29, 1.82) is 5.26 Å². The van der Waals surface area contributed by atoms with Crippen molar-refractivity contribution < 1.29 is 14.3 Å².